The molecule has 0 saturated carbocycles. The number of hydrogen-bond donors (Lipinski definition) is 1. The first-order valence-corrected chi connectivity index (χ1v) is 15.3. The fourth-order valence-corrected chi connectivity index (χ4v) is 7.30. The number of aryl methyl sites for hydroxylation is 2. The van der Waals surface area contributed by atoms with Gasteiger partial charge in [0, 0.05) is 26.0 Å². The van der Waals surface area contributed by atoms with Gasteiger partial charge in [0.15, 0.2) is 0 Å². The summed E-state index contributed by atoms with van der Waals surface area (Å²) in [5.41, 5.74) is 4.62. The van der Waals surface area contributed by atoms with Crippen LogP contribution in [0, 0.1) is 6.92 Å². The Bertz CT molecular complexity index is 1350. The fraction of sp³-hybridized carbons (Fsp3) is 0.467. The number of nitrogens with zero attached hydrogens (tertiary/aromatic N) is 3. The Hall–Kier alpha value is -3.17. The molecule has 1 N–H and O–H groups in total. The average Bonchev–Trinajstić information content (AvgIpc) is 2.92. The van der Waals surface area contributed by atoms with Crippen LogP contribution < -0.4 is 5.32 Å². The Morgan fingerprint density at radius 3 is 2.49 bits per heavy atom. The second-order valence-electron chi connectivity index (χ2n) is 11.0. The number of sulfonamides is 1. The number of carbonyl (C=O) groups is 2. The molecule has 0 radical (unpaired) electrons. The molecule has 39 heavy (non-hydrogen) atoms. The van der Waals surface area contributed by atoms with Crippen LogP contribution in [0.15, 0.2) is 59.8 Å². The number of fused-ring (bicyclic) bond motifs is 1. The number of benzene rings is 2. The summed E-state index contributed by atoms with van der Waals surface area (Å²) in [5.74, 6) is -0.772. The average molecular weight is 551 g/mol. The van der Waals surface area contributed by atoms with E-state index in [1.807, 2.05) is 6.92 Å². The molecule has 2 aliphatic heterocycles. The van der Waals surface area contributed by atoms with Crippen molar-refractivity contribution in [1.82, 2.24) is 19.4 Å². The Labute approximate surface area is 231 Å². The highest BCUT2D eigenvalue weighted by atomic mass is 32.2. The van der Waals surface area contributed by atoms with Gasteiger partial charge in [-0.2, -0.15) is 0 Å². The highest BCUT2D eigenvalue weighted by Gasteiger charge is 2.39. The first-order chi connectivity index (χ1) is 18.7. The summed E-state index contributed by atoms with van der Waals surface area (Å²) in [6, 6.07) is 11.8. The van der Waals surface area contributed by atoms with E-state index in [9.17, 15) is 18.0 Å². The van der Waals surface area contributed by atoms with Gasteiger partial charge in [-0.25, -0.2) is 8.42 Å². The van der Waals surface area contributed by atoms with Crippen LogP contribution in [0.1, 0.15) is 66.8 Å². The summed E-state index contributed by atoms with van der Waals surface area (Å²) in [5, 5.41) is 3.11. The van der Waals surface area contributed by atoms with E-state index >= 15 is 0 Å². The van der Waals surface area contributed by atoms with Crippen LogP contribution in [0.4, 0.5) is 0 Å². The predicted octanol–water partition coefficient (Wildman–Crippen LogP) is 3.87. The van der Waals surface area contributed by atoms with Crippen LogP contribution in [-0.2, 0) is 32.6 Å². The fourth-order valence-electron chi connectivity index (χ4n) is 5.86. The summed E-state index contributed by atoms with van der Waals surface area (Å²) in [7, 11) is -2.45. The Balaban J connectivity index is 1.30. The summed E-state index contributed by atoms with van der Waals surface area (Å²) >= 11 is 0. The van der Waals surface area contributed by atoms with E-state index in [2.05, 4.69) is 28.4 Å². The number of hydrogen-bond acceptors (Lipinski definition) is 5. The van der Waals surface area contributed by atoms with E-state index in [4.69, 9.17) is 0 Å². The van der Waals surface area contributed by atoms with Crippen molar-refractivity contribution < 1.29 is 18.0 Å². The second kappa shape index (κ2) is 11.5. The van der Waals surface area contributed by atoms with Gasteiger partial charge in [-0.05, 0) is 80.9 Å². The van der Waals surface area contributed by atoms with E-state index < -0.39 is 22.0 Å². The molecule has 3 aliphatic rings. The molecule has 0 bridgehead atoms. The van der Waals surface area contributed by atoms with Crippen molar-refractivity contribution in [1.29, 1.82) is 0 Å². The zero-order chi connectivity index (χ0) is 27.6. The molecule has 0 unspecified atom stereocenters. The Morgan fingerprint density at radius 2 is 1.74 bits per heavy atom. The van der Waals surface area contributed by atoms with Gasteiger partial charge in [0.2, 0.25) is 5.91 Å². The molecule has 2 heterocycles. The molecule has 2 aromatic rings. The van der Waals surface area contributed by atoms with E-state index in [0.717, 1.165) is 54.3 Å². The maximum atomic E-state index is 13.4. The lowest BCUT2D eigenvalue weighted by atomic mass is 9.86. The molecule has 2 atom stereocenters. The molecule has 2 aromatic carbocycles. The van der Waals surface area contributed by atoms with Gasteiger partial charge < -0.3 is 10.2 Å². The topological polar surface area (TPSA) is 90.0 Å². The van der Waals surface area contributed by atoms with Crippen LogP contribution >= 0.6 is 0 Å². The maximum absolute atomic E-state index is 13.4. The van der Waals surface area contributed by atoms with Crippen LogP contribution in [0.3, 0.4) is 0 Å². The van der Waals surface area contributed by atoms with Gasteiger partial charge in [0.1, 0.15) is 6.04 Å². The number of amides is 2. The highest BCUT2D eigenvalue weighted by Crippen LogP contribution is 2.32. The Morgan fingerprint density at radius 1 is 1.00 bits per heavy atom. The lowest BCUT2D eigenvalue weighted by molar-refractivity contribution is -0.135. The minimum absolute atomic E-state index is 0.0853. The molecular weight excluding hydrogens is 512 g/mol. The van der Waals surface area contributed by atoms with Crippen molar-refractivity contribution in [2.75, 3.05) is 20.1 Å². The highest BCUT2D eigenvalue weighted by molar-refractivity contribution is 7.89. The van der Waals surface area contributed by atoms with Gasteiger partial charge in [-0.1, -0.05) is 42.3 Å². The number of likely N-dealkylation sites (tertiary alicyclic amines) is 1. The molecular formula is C30H38N4O4S. The molecule has 2 amide bonds. The third-order valence-electron chi connectivity index (χ3n) is 8.06. The molecule has 208 valence electrons. The van der Waals surface area contributed by atoms with Gasteiger partial charge in [0.25, 0.3) is 15.9 Å². The molecule has 1 fully saturated rings. The van der Waals surface area contributed by atoms with Crippen molar-refractivity contribution >= 4 is 21.8 Å². The first-order valence-electron chi connectivity index (χ1n) is 13.9. The number of rotatable bonds is 7. The maximum Gasteiger partial charge on any atom is 0.264 e. The van der Waals surface area contributed by atoms with Gasteiger partial charge in [-0.15, -0.1) is 0 Å². The molecule has 5 rings (SSSR count). The van der Waals surface area contributed by atoms with E-state index in [1.165, 1.54) is 59.8 Å². The Kier molecular flexibility index (Phi) is 8.09. The van der Waals surface area contributed by atoms with Gasteiger partial charge >= 0.3 is 0 Å². The summed E-state index contributed by atoms with van der Waals surface area (Å²) in [6.07, 6.45) is 9.13. The zero-order valence-electron chi connectivity index (χ0n) is 22.8. The molecule has 9 heteroatoms. The zero-order valence-corrected chi connectivity index (χ0v) is 23.6. The van der Waals surface area contributed by atoms with Crippen LogP contribution in [0.25, 0.3) is 0 Å². The normalized spacial score (nSPS) is 22.1. The number of likely N-dealkylation sites (N-methyl/N-ethyl adjacent to an activating group) is 1. The number of piperidine rings is 1. The molecule has 1 aliphatic carbocycles. The summed E-state index contributed by atoms with van der Waals surface area (Å²) in [4.78, 5) is 30.3. The largest absolute Gasteiger partial charge is 0.349 e. The third-order valence-corrected chi connectivity index (χ3v) is 9.86. The van der Waals surface area contributed by atoms with Gasteiger partial charge in [-0.3, -0.25) is 18.8 Å². The predicted molar refractivity (Wildman–Crippen MR) is 150 cm³/mol. The van der Waals surface area contributed by atoms with Crippen molar-refractivity contribution in [3.05, 3.63) is 77.1 Å². The lowest BCUT2D eigenvalue weighted by Crippen LogP contribution is -2.51. The van der Waals surface area contributed by atoms with Crippen molar-refractivity contribution in [2.24, 2.45) is 0 Å². The first kappa shape index (κ1) is 27.4. The SMILES string of the molecule is Cc1ccc(S(=O)(=O)N2C=CN(C)C(=O)[C@H]2CC(=O)N[C@@H]2CCCc3cc(CN4CCCCC4)ccc32)cc1. The lowest BCUT2D eigenvalue weighted by Gasteiger charge is -2.35. The van der Waals surface area contributed by atoms with Crippen molar-refractivity contribution in [3.63, 3.8) is 0 Å². The van der Waals surface area contributed by atoms with E-state index in [-0.39, 0.29) is 23.3 Å². The number of carbonyl (C=O) groups excluding carboxylic acids is 2. The summed E-state index contributed by atoms with van der Waals surface area (Å²) in [6.45, 7) is 5.13. The molecule has 0 spiro atoms. The van der Waals surface area contributed by atoms with Crippen LogP contribution in [0.2, 0.25) is 0 Å². The van der Waals surface area contributed by atoms with E-state index in [1.54, 1.807) is 19.2 Å². The second-order valence-corrected chi connectivity index (χ2v) is 12.8. The minimum Gasteiger partial charge on any atom is -0.349 e. The molecule has 0 aromatic heterocycles. The quantitative estimate of drug-likeness (QED) is 0.565. The van der Waals surface area contributed by atoms with Crippen molar-refractivity contribution in [2.45, 2.75) is 75.4 Å². The smallest absolute Gasteiger partial charge is 0.264 e. The minimum atomic E-state index is -4.01. The van der Waals surface area contributed by atoms with Crippen LogP contribution in [0.5, 0.6) is 0 Å². The van der Waals surface area contributed by atoms with Gasteiger partial charge in [0.05, 0.1) is 17.4 Å². The van der Waals surface area contributed by atoms with Crippen molar-refractivity contribution in [3.8, 4) is 0 Å². The monoisotopic (exact) mass is 550 g/mol. The number of nitrogens with one attached hydrogen (secondary N) is 1. The third kappa shape index (κ3) is 6.04. The molecule has 1 saturated heterocycles. The molecule has 8 nitrogen and oxygen atoms in total. The van der Waals surface area contributed by atoms with E-state index in [0.29, 0.717) is 0 Å². The summed E-state index contributed by atoms with van der Waals surface area (Å²) < 4.78 is 27.9. The standard InChI is InChI=1S/C30H38N4O4S/c1-22-9-12-25(13-10-22)39(37,38)34-18-17-32(2)30(36)28(34)20-29(35)31-27-8-6-7-24-19-23(11-14-26(24)27)21-33-15-4-3-5-16-33/h9-14,17-19,27-28H,3-8,15-16,20-21H2,1-2H3,(H,31,35)/t27-,28-/m1/s1. The van der Waals surface area contributed by atoms with Crippen LogP contribution in [-0.4, -0.2) is 60.5 Å².